The second-order valence-electron chi connectivity index (χ2n) is 6.76. The van der Waals surface area contributed by atoms with Crippen LogP contribution in [0, 0.1) is 0 Å². The van der Waals surface area contributed by atoms with Gasteiger partial charge in [-0.25, -0.2) is 0 Å². The van der Waals surface area contributed by atoms with E-state index in [9.17, 15) is 0 Å². The minimum Gasteiger partial charge on any atom is -0.394 e. The van der Waals surface area contributed by atoms with Crippen molar-refractivity contribution in [2.75, 3.05) is 66.5 Å². The molecule has 0 aromatic carbocycles. The number of likely N-dealkylation sites (N-methyl/N-ethyl adjacent to an activating group) is 1. The molecule has 1 fully saturated rings. The molecule has 20 heavy (non-hydrogen) atoms. The average molecular weight is 286 g/mol. The highest BCUT2D eigenvalue weighted by Crippen LogP contribution is 2.11. The predicted molar refractivity (Wildman–Crippen MR) is 85.0 cm³/mol. The van der Waals surface area contributed by atoms with Crippen molar-refractivity contribution in [2.24, 2.45) is 5.73 Å². The Kier molecular flexibility index (Phi) is 7.99. The SMILES string of the molecule is CN(C)CCN1CCN(CCCCC(C)(N)CO)CC1. The summed E-state index contributed by atoms with van der Waals surface area (Å²) >= 11 is 0. The number of unbranched alkanes of at least 4 members (excludes halogenated alkanes) is 1. The van der Waals surface area contributed by atoms with Gasteiger partial charge in [0.2, 0.25) is 0 Å². The summed E-state index contributed by atoms with van der Waals surface area (Å²) in [5, 5.41) is 9.12. The van der Waals surface area contributed by atoms with Gasteiger partial charge in [-0.2, -0.15) is 0 Å². The molecule has 1 rings (SSSR count). The highest BCUT2D eigenvalue weighted by atomic mass is 16.3. The Morgan fingerprint density at radius 2 is 1.60 bits per heavy atom. The lowest BCUT2D eigenvalue weighted by Gasteiger charge is -2.35. The fourth-order valence-electron chi connectivity index (χ4n) is 2.52. The van der Waals surface area contributed by atoms with Crippen LogP contribution in [0.25, 0.3) is 0 Å². The third kappa shape index (κ3) is 7.55. The van der Waals surface area contributed by atoms with Crippen molar-refractivity contribution in [3.05, 3.63) is 0 Å². The minimum atomic E-state index is -0.398. The summed E-state index contributed by atoms with van der Waals surface area (Å²) in [6.45, 7) is 10.3. The topological polar surface area (TPSA) is 56.0 Å². The zero-order chi connectivity index (χ0) is 15.0. The molecule has 5 heteroatoms. The number of hydrogen-bond donors (Lipinski definition) is 2. The predicted octanol–water partition coefficient (Wildman–Crippen LogP) is 0.0456. The zero-order valence-corrected chi connectivity index (χ0v) is 13.6. The van der Waals surface area contributed by atoms with Gasteiger partial charge in [0.25, 0.3) is 0 Å². The number of aliphatic hydroxyl groups excluding tert-OH is 1. The Balaban J connectivity index is 2.05. The van der Waals surface area contributed by atoms with E-state index < -0.39 is 5.54 Å². The van der Waals surface area contributed by atoms with Crippen LogP contribution in [0.5, 0.6) is 0 Å². The molecule has 1 heterocycles. The van der Waals surface area contributed by atoms with Crippen LogP contribution in [0.2, 0.25) is 0 Å². The minimum absolute atomic E-state index is 0.0809. The molecule has 0 aliphatic carbocycles. The number of piperazine rings is 1. The first-order valence-electron chi connectivity index (χ1n) is 7.92. The number of nitrogens with two attached hydrogens (primary N) is 1. The molecule has 0 amide bonds. The van der Waals surface area contributed by atoms with E-state index in [4.69, 9.17) is 10.8 Å². The molecule has 1 saturated heterocycles. The zero-order valence-electron chi connectivity index (χ0n) is 13.6. The van der Waals surface area contributed by atoms with Gasteiger partial charge in [0.1, 0.15) is 0 Å². The molecule has 3 N–H and O–H groups in total. The summed E-state index contributed by atoms with van der Waals surface area (Å²) in [7, 11) is 4.27. The number of nitrogens with zero attached hydrogens (tertiary/aromatic N) is 3. The van der Waals surface area contributed by atoms with Crippen molar-refractivity contribution in [1.82, 2.24) is 14.7 Å². The van der Waals surface area contributed by atoms with Crippen molar-refractivity contribution in [1.29, 1.82) is 0 Å². The molecular formula is C15H34N4O. The number of aliphatic hydroxyl groups is 1. The molecule has 1 aliphatic heterocycles. The van der Waals surface area contributed by atoms with Gasteiger partial charge in [-0.15, -0.1) is 0 Å². The van der Waals surface area contributed by atoms with Crippen LogP contribution in [0.1, 0.15) is 26.2 Å². The van der Waals surface area contributed by atoms with Gasteiger partial charge < -0.3 is 20.6 Å². The van der Waals surface area contributed by atoms with Crippen LogP contribution in [0.3, 0.4) is 0 Å². The fourth-order valence-corrected chi connectivity index (χ4v) is 2.52. The van der Waals surface area contributed by atoms with Gasteiger partial charge in [0.05, 0.1) is 6.61 Å². The second kappa shape index (κ2) is 8.95. The van der Waals surface area contributed by atoms with Gasteiger partial charge in [0.15, 0.2) is 0 Å². The first-order chi connectivity index (χ1) is 9.43. The molecule has 5 nitrogen and oxygen atoms in total. The summed E-state index contributed by atoms with van der Waals surface area (Å²) in [5.41, 5.74) is 5.54. The van der Waals surface area contributed by atoms with Crippen molar-refractivity contribution < 1.29 is 5.11 Å². The molecule has 0 aromatic rings. The highest BCUT2D eigenvalue weighted by Gasteiger charge is 2.18. The van der Waals surface area contributed by atoms with Crippen LogP contribution in [-0.4, -0.2) is 91.9 Å². The fraction of sp³-hybridized carbons (Fsp3) is 1.00. The summed E-state index contributed by atoms with van der Waals surface area (Å²) < 4.78 is 0. The second-order valence-corrected chi connectivity index (χ2v) is 6.76. The van der Waals surface area contributed by atoms with Gasteiger partial charge in [-0.05, 0) is 40.4 Å². The summed E-state index contributed by atoms with van der Waals surface area (Å²) in [5.74, 6) is 0. The molecule has 1 atom stereocenters. The first-order valence-corrected chi connectivity index (χ1v) is 7.92. The van der Waals surface area contributed by atoms with Gasteiger partial charge in [-0.3, -0.25) is 4.90 Å². The van der Waals surface area contributed by atoms with Gasteiger partial charge in [0, 0.05) is 44.8 Å². The van der Waals surface area contributed by atoms with Crippen LogP contribution in [0.4, 0.5) is 0 Å². The maximum atomic E-state index is 9.12. The number of hydrogen-bond acceptors (Lipinski definition) is 5. The van der Waals surface area contributed by atoms with Crippen LogP contribution < -0.4 is 5.73 Å². The Morgan fingerprint density at radius 1 is 1.05 bits per heavy atom. The van der Waals surface area contributed by atoms with E-state index in [1.807, 2.05) is 6.92 Å². The van der Waals surface area contributed by atoms with Crippen LogP contribution in [0.15, 0.2) is 0 Å². The Morgan fingerprint density at radius 3 is 2.10 bits per heavy atom. The quantitative estimate of drug-likeness (QED) is 0.587. The van der Waals surface area contributed by atoms with E-state index in [1.54, 1.807) is 0 Å². The van der Waals surface area contributed by atoms with E-state index >= 15 is 0 Å². The molecule has 1 unspecified atom stereocenters. The standard InChI is InChI=1S/C15H34N4O/c1-15(16,14-20)6-4-5-7-18-10-12-19(13-11-18)9-8-17(2)3/h20H,4-14,16H2,1-3H3. The van der Waals surface area contributed by atoms with Crippen molar-refractivity contribution >= 4 is 0 Å². The molecule has 0 spiro atoms. The maximum Gasteiger partial charge on any atom is 0.0608 e. The molecule has 0 aromatic heterocycles. The molecule has 0 radical (unpaired) electrons. The Labute approximate surface area is 124 Å². The highest BCUT2D eigenvalue weighted by molar-refractivity contribution is 4.77. The van der Waals surface area contributed by atoms with E-state index in [1.165, 1.54) is 45.7 Å². The third-order valence-corrected chi connectivity index (χ3v) is 4.16. The Hall–Kier alpha value is -0.200. The monoisotopic (exact) mass is 286 g/mol. The summed E-state index contributed by atoms with van der Waals surface area (Å²) in [6.07, 6.45) is 3.20. The first kappa shape index (κ1) is 17.9. The van der Waals surface area contributed by atoms with E-state index in [0.717, 1.165) is 19.4 Å². The molecule has 120 valence electrons. The summed E-state index contributed by atoms with van der Waals surface area (Å²) in [6, 6.07) is 0. The van der Waals surface area contributed by atoms with Crippen molar-refractivity contribution in [3.8, 4) is 0 Å². The molecule has 1 aliphatic rings. The molecular weight excluding hydrogens is 252 g/mol. The van der Waals surface area contributed by atoms with E-state index in [0.29, 0.717) is 0 Å². The average Bonchev–Trinajstić information content (AvgIpc) is 2.42. The lowest BCUT2D eigenvalue weighted by Crippen LogP contribution is -2.48. The lowest BCUT2D eigenvalue weighted by atomic mass is 9.97. The van der Waals surface area contributed by atoms with Crippen LogP contribution in [-0.2, 0) is 0 Å². The third-order valence-electron chi connectivity index (χ3n) is 4.16. The summed E-state index contributed by atoms with van der Waals surface area (Å²) in [4.78, 5) is 7.36. The lowest BCUT2D eigenvalue weighted by molar-refractivity contribution is 0.122. The van der Waals surface area contributed by atoms with Gasteiger partial charge in [-0.1, -0.05) is 6.42 Å². The van der Waals surface area contributed by atoms with Crippen LogP contribution >= 0.6 is 0 Å². The van der Waals surface area contributed by atoms with E-state index in [2.05, 4.69) is 28.8 Å². The molecule has 0 bridgehead atoms. The van der Waals surface area contributed by atoms with Crippen molar-refractivity contribution in [2.45, 2.75) is 31.7 Å². The van der Waals surface area contributed by atoms with E-state index in [-0.39, 0.29) is 6.61 Å². The van der Waals surface area contributed by atoms with Gasteiger partial charge >= 0.3 is 0 Å². The number of rotatable bonds is 9. The largest absolute Gasteiger partial charge is 0.394 e. The maximum absolute atomic E-state index is 9.12. The smallest absolute Gasteiger partial charge is 0.0608 e. The van der Waals surface area contributed by atoms with Crippen molar-refractivity contribution in [3.63, 3.8) is 0 Å². The molecule has 0 saturated carbocycles. The Bertz CT molecular complexity index is 250. The normalized spacial score (nSPS) is 21.3.